The van der Waals surface area contributed by atoms with E-state index < -0.39 is 0 Å². The van der Waals surface area contributed by atoms with E-state index in [1.54, 1.807) is 12.3 Å². The van der Waals surface area contributed by atoms with E-state index in [2.05, 4.69) is 15.6 Å². The summed E-state index contributed by atoms with van der Waals surface area (Å²) in [6.07, 6.45) is 4.82. The summed E-state index contributed by atoms with van der Waals surface area (Å²) in [5.74, 6) is 0.823. The summed E-state index contributed by atoms with van der Waals surface area (Å²) in [7, 11) is 0. The van der Waals surface area contributed by atoms with Crippen LogP contribution in [0.5, 0.6) is 0 Å². The van der Waals surface area contributed by atoms with Gasteiger partial charge < -0.3 is 10.6 Å². The third-order valence-corrected chi connectivity index (χ3v) is 4.36. The number of nitrogens with one attached hydrogen (secondary N) is 2. The van der Waals surface area contributed by atoms with E-state index in [0.29, 0.717) is 5.82 Å². The van der Waals surface area contributed by atoms with Gasteiger partial charge >= 0.3 is 0 Å². The van der Waals surface area contributed by atoms with Crippen molar-refractivity contribution in [3.05, 3.63) is 47.1 Å². The number of benzene rings is 1. The number of hydrogen-bond donors (Lipinski definition) is 2. The molecule has 0 atom stereocenters. The van der Waals surface area contributed by atoms with Gasteiger partial charge in [0.25, 0.3) is 0 Å². The molecule has 1 amide bonds. The fourth-order valence-corrected chi connectivity index (χ4v) is 2.46. The van der Waals surface area contributed by atoms with Gasteiger partial charge in [-0.15, -0.1) is 0 Å². The number of amides is 1. The average molecular weight is 316 g/mol. The Bertz CT molecular complexity index is 681. The minimum atomic E-state index is 0.0739. The van der Waals surface area contributed by atoms with E-state index in [0.717, 1.165) is 41.2 Å². The van der Waals surface area contributed by atoms with Crippen molar-refractivity contribution in [1.29, 1.82) is 0 Å². The maximum atomic E-state index is 11.9. The van der Waals surface area contributed by atoms with Gasteiger partial charge in [0.1, 0.15) is 5.82 Å². The van der Waals surface area contributed by atoms with Gasteiger partial charge in [0.2, 0.25) is 5.91 Å². The Kier molecular flexibility index (Phi) is 4.29. The first-order valence-electron chi connectivity index (χ1n) is 7.42. The largest absolute Gasteiger partial charge is 0.354 e. The highest BCUT2D eigenvalue weighted by Gasteiger charge is 2.25. The lowest BCUT2D eigenvalue weighted by Crippen LogP contribution is -2.28. The second-order valence-electron chi connectivity index (χ2n) is 5.64. The molecule has 1 saturated carbocycles. The van der Waals surface area contributed by atoms with Crippen molar-refractivity contribution in [2.75, 3.05) is 10.6 Å². The number of carbonyl (C=O) groups is 1. The number of aromatic nitrogens is 1. The van der Waals surface area contributed by atoms with E-state index >= 15 is 0 Å². The van der Waals surface area contributed by atoms with Crippen LogP contribution in [0.15, 0.2) is 36.5 Å². The minimum Gasteiger partial charge on any atom is -0.354 e. The van der Waals surface area contributed by atoms with E-state index in [1.807, 2.05) is 31.2 Å². The van der Waals surface area contributed by atoms with Crippen LogP contribution in [0, 0.1) is 12.8 Å². The average Bonchev–Trinajstić information content (AvgIpc) is 2.43. The Labute approximate surface area is 134 Å². The van der Waals surface area contributed by atoms with E-state index in [1.165, 1.54) is 0 Å². The lowest BCUT2D eigenvalue weighted by molar-refractivity contribution is -0.122. The van der Waals surface area contributed by atoms with Crippen LogP contribution in [0.1, 0.15) is 24.8 Å². The SMILES string of the molecule is Cc1ccc(Nc2ccc(NC(=O)C3CCC3)nc2)cc1Cl. The molecule has 0 radical (unpaired) electrons. The van der Waals surface area contributed by atoms with E-state index in [4.69, 9.17) is 11.6 Å². The van der Waals surface area contributed by atoms with Crippen molar-refractivity contribution < 1.29 is 4.79 Å². The van der Waals surface area contributed by atoms with Gasteiger partial charge in [-0.2, -0.15) is 0 Å². The van der Waals surface area contributed by atoms with Gasteiger partial charge in [0, 0.05) is 16.6 Å². The minimum absolute atomic E-state index is 0.0739. The highest BCUT2D eigenvalue weighted by atomic mass is 35.5. The second kappa shape index (κ2) is 6.36. The predicted molar refractivity (Wildman–Crippen MR) is 89.7 cm³/mol. The molecule has 22 heavy (non-hydrogen) atoms. The molecule has 114 valence electrons. The fraction of sp³-hybridized carbons (Fsp3) is 0.294. The third kappa shape index (κ3) is 3.39. The molecule has 0 aliphatic heterocycles. The molecule has 3 rings (SSSR count). The van der Waals surface area contributed by atoms with Crippen LogP contribution in [-0.4, -0.2) is 10.9 Å². The summed E-state index contributed by atoms with van der Waals surface area (Å²) < 4.78 is 0. The fourth-order valence-electron chi connectivity index (χ4n) is 2.28. The van der Waals surface area contributed by atoms with Crippen molar-refractivity contribution in [3.8, 4) is 0 Å². The predicted octanol–water partition coefficient (Wildman–Crippen LogP) is 4.53. The number of aryl methyl sites for hydroxylation is 1. The standard InChI is InChI=1S/C17H18ClN3O/c1-11-5-6-13(9-15(11)18)20-14-7-8-16(19-10-14)21-17(22)12-3-2-4-12/h5-10,12,20H,2-4H2,1H3,(H,19,21,22). The summed E-state index contributed by atoms with van der Waals surface area (Å²) in [4.78, 5) is 16.1. The molecule has 1 heterocycles. The molecule has 2 N–H and O–H groups in total. The first kappa shape index (κ1) is 14.9. The molecule has 2 aromatic rings. The molecular weight excluding hydrogens is 298 g/mol. The monoisotopic (exact) mass is 315 g/mol. The van der Waals surface area contributed by atoms with Crippen LogP contribution in [0.3, 0.4) is 0 Å². The zero-order valence-corrected chi connectivity index (χ0v) is 13.2. The zero-order chi connectivity index (χ0) is 15.5. The van der Waals surface area contributed by atoms with Gasteiger partial charge in [0.15, 0.2) is 0 Å². The maximum absolute atomic E-state index is 11.9. The molecule has 1 aliphatic carbocycles. The first-order chi connectivity index (χ1) is 10.6. The molecule has 0 saturated heterocycles. The number of anilines is 3. The smallest absolute Gasteiger partial charge is 0.228 e. The topological polar surface area (TPSA) is 54.0 Å². The molecule has 1 aliphatic rings. The van der Waals surface area contributed by atoms with Gasteiger partial charge in [-0.05, 0) is 49.6 Å². The second-order valence-corrected chi connectivity index (χ2v) is 6.05. The summed E-state index contributed by atoms with van der Waals surface area (Å²) >= 11 is 6.11. The van der Waals surface area contributed by atoms with Crippen molar-refractivity contribution in [3.63, 3.8) is 0 Å². The number of pyridine rings is 1. The van der Waals surface area contributed by atoms with Crippen LogP contribution in [0.4, 0.5) is 17.2 Å². The van der Waals surface area contributed by atoms with Crippen LogP contribution in [0.2, 0.25) is 5.02 Å². The summed E-state index contributed by atoms with van der Waals surface area (Å²) in [6, 6.07) is 9.49. The van der Waals surface area contributed by atoms with Crippen LogP contribution in [0.25, 0.3) is 0 Å². The highest BCUT2D eigenvalue weighted by molar-refractivity contribution is 6.31. The Morgan fingerprint density at radius 3 is 2.59 bits per heavy atom. The lowest BCUT2D eigenvalue weighted by atomic mass is 9.85. The van der Waals surface area contributed by atoms with Gasteiger partial charge in [0.05, 0.1) is 11.9 Å². The van der Waals surface area contributed by atoms with Gasteiger partial charge in [-0.3, -0.25) is 4.79 Å². The van der Waals surface area contributed by atoms with Crippen LogP contribution < -0.4 is 10.6 Å². The lowest BCUT2D eigenvalue weighted by Gasteiger charge is -2.23. The van der Waals surface area contributed by atoms with Gasteiger partial charge in [-0.1, -0.05) is 24.1 Å². The molecular formula is C17H18ClN3O. The molecule has 0 spiro atoms. The van der Waals surface area contributed by atoms with E-state index in [9.17, 15) is 4.79 Å². The summed E-state index contributed by atoms with van der Waals surface area (Å²) in [5.41, 5.74) is 2.80. The maximum Gasteiger partial charge on any atom is 0.228 e. The molecule has 5 heteroatoms. The normalized spacial score (nSPS) is 14.3. The molecule has 0 bridgehead atoms. The zero-order valence-electron chi connectivity index (χ0n) is 12.4. The first-order valence-corrected chi connectivity index (χ1v) is 7.80. The molecule has 4 nitrogen and oxygen atoms in total. The number of carbonyl (C=O) groups excluding carboxylic acids is 1. The molecule has 1 aromatic heterocycles. The summed E-state index contributed by atoms with van der Waals surface area (Å²) in [6.45, 7) is 1.97. The van der Waals surface area contributed by atoms with Gasteiger partial charge in [-0.25, -0.2) is 4.98 Å². The van der Waals surface area contributed by atoms with E-state index in [-0.39, 0.29) is 11.8 Å². The van der Waals surface area contributed by atoms with Crippen LogP contribution in [-0.2, 0) is 4.79 Å². The highest BCUT2D eigenvalue weighted by Crippen LogP contribution is 2.27. The van der Waals surface area contributed by atoms with Crippen molar-refractivity contribution >= 4 is 34.7 Å². The Hall–Kier alpha value is -2.07. The number of hydrogen-bond acceptors (Lipinski definition) is 3. The Morgan fingerprint density at radius 2 is 2.00 bits per heavy atom. The Balaban J connectivity index is 1.63. The quantitative estimate of drug-likeness (QED) is 0.871. The Morgan fingerprint density at radius 1 is 1.23 bits per heavy atom. The molecule has 0 unspecified atom stereocenters. The number of halogens is 1. The van der Waals surface area contributed by atoms with Crippen LogP contribution >= 0.6 is 11.6 Å². The number of rotatable bonds is 4. The molecule has 1 aromatic carbocycles. The third-order valence-electron chi connectivity index (χ3n) is 3.95. The molecule has 1 fully saturated rings. The summed E-state index contributed by atoms with van der Waals surface area (Å²) in [5, 5.41) is 6.81. The van der Waals surface area contributed by atoms with Crippen molar-refractivity contribution in [2.24, 2.45) is 5.92 Å². The van der Waals surface area contributed by atoms with Crippen molar-refractivity contribution in [1.82, 2.24) is 4.98 Å². The number of nitrogens with zero attached hydrogens (tertiary/aromatic N) is 1. The van der Waals surface area contributed by atoms with Crippen molar-refractivity contribution in [2.45, 2.75) is 26.2 Å².